The molecule has 144 valence electrons. The fourth-order valence-electron chi connectivity index (χ4n) is 2.72. The van der Waals surface area contributed by atoms with E-state index in [1.165, 1.54) is 11.3 Å². The van der Waals surface area contributed by atoms with Crippen molar-refractivity contribution in [1.82, 2.24) is 0 Å². The molecule has 2 aromatic carbocycles. The van der Waals surface area contributed by atoms with Gasteiger partial charge < -0.3 is 14.4 Å². The zero-order valence-electron chi connectivity index (χ0n) is 15.5. The molecule has 0 saturated carbocycles. The van der Waals surface area contributed by atoms with Crippen molar-refractivity contribution in [2.24, 2.45) is 0 Å². The quantitative estimate of drug-likeness (QED) is 0.537. The summed E-state index contributed by atoms with van der Waals surface area (Å²) in [5.41, 5.74) is 1.86. The van der Waals surface area contributed by atoms with Gasteiger partial charge in [-0.2, -0.15) is 0 Å². The van der Waals surface area contributed by atoms with Crippen LogP contribution in [0.25, 0.3) is 0 Å². The zero-order chi connectivity index (χ0) is 19.8. The van der Waals surface area contributed by atoms with Crippen LogP contribution in [0.4, 0.5) is 5.69 Å². The van der Waals surface area contributed by atoms with E-state index in [0.29, 0.717) is 23.6 Å². The second-order valence-electron chi connectivity index (χ2n) is 6.03. The number of benzene rings is 2. The Balaban J connectivity index is 1.70. The minimum absolute atomic E-state index is 0.272. The van der Waals surface area contributed by atoms with Crippen LogP contribution >= 0.6 is 11.3 Å². The summed E-state index contributed by atoms with van der Waals surface area (Å²) in [7, 11) is 1.59. The van der Waals surface area contributed by atoms with E-state index in [0.717, 1.165) is 11.3 Å². The normalized spacial score (nSPS) is 10.3. The van der Waals surface area contributed by atoms with E-state index in [9.17, 15) is 9.59 Å². The molecule has 1 amide bonds. The van der Waals surface area contributed by atoms with Crippen LogP contribution in [0.3, 0.4) is 0 Å². The van der Waals surface area contributed by atoms with Crippen LogP contribution in [0.1, 0.15) is 15.2 Å². The van der Waals surface area contributed by atoms with Gasteiger partial charge in [-0.1, -0.05) is 36.4 Å². The molecule has 1 aromatic heterocycles. The summed E-state index contributed by atoms with van der Waals surface area (Å²) in [6, 6.07) is 20.6. The number of anilines is 1. The van der Waals surface area contributed by atoms with Gasteiger partial charge in [-0.25, -0.2) is 4.79 Å². The average Bonchev–Trinajstić information content (AvgIpc) is 3.28. The Morgan fingerprint density at radius 1 is 0.964 bits per heavy atom. The lowest BCUT2D eigenvalue weighted by molar-refractivity contribution is -0.121. The molecule has 3 rings (SSSR count). The Morgan fingerprint density at radius 2 is 1.71 bits per heavy atom. The third kappa shape index (κ3) is 5.20. The Labute approximate surface area is 168 Å². The van der Waals surface area contributed by atoms with Crippen LogP contribution in [0.15, 0.2) is 72.1 Å². The Hall–Kier alpha value is -3.12. The van der Waals surface area contributed by atoms with Gasteiger partial charge in [-0.05, 0) is 47.7 Å². The minimum Gasteiger partial charge on any atom is -0.497 e. The predicted octanol–water partition coefficient (Wildman–Crippen LogP) is 4.19. The lowest BCUT2D eigenvalue weighted by atomic mass is 10.1. The second-order valence-corrected chi connectivity index (χ2v) is 6.98. The van der Waals surface area contributed by atoms with E-state index >= 15 is 0 Å². The Bertz CT molecular complexity index is 892. The van der Waals surface area contributed by atoms with E-state index in [4.69, 9.17) is 9.47 Å². The maximum atomic E-state index is 12.8. The summed E-state index contributed by atoms with van der Waals surface area (Å²) in [5, 5.41) is 1.79. The molecular formula is C22H21NO4S. The molecular weight excluding hydrogens is 374 g/mol. The lowest BCUT2D eigenvalue weighted by Crippen LogP contribution is -2.36. The summed E-state index contributed by atoms with van der Waals surface area (Å²) in [6.45, 7) is 0.170. The summed E-state index contributed by atoms with van der Waals surface area (Å²) < 4.78 is 10.4. The van der Waals surface area contributed by atoms with Crippen molar-refractivity contribution in [3.05, 3.63) is 82.6 Å². The first-order chi connectivity index (χ1) is 13.7. The highest BCUT2D eigenvalue weighted by Gasteiger charge is 2.19. The minimum atomic E-state index is -0.485. The number of amides is 1. The predicted molar refractivity (Wildman–Crippen MR) is 110 cm³/mol. The molecule has 5 nitrogen and oxygen atoms in total. The van der Waals surface area contributed by atoms with Crippen LogP contribution in [0.2, 0.25) is 0 Å². The number of thiophene rings is 1. The van der Waals surface area contributed by atoms with Gasteiger partial charge in [0.2, 0.25) is 0 Å². The average molecular weight is 395 g/mol. The van der Waals surface area contributed by atoms with Crippen LogP contribution in [0, 0.1) is 0 Å². The third-order valence-electron chi connectivity index (χ3n) is 4.20. The molecule has 0 aliphatic heterocycles. The van der Waals surface area contributed by atoms with E-state index in [1.54, 1.807) is 41.7 Å². The van der Waals surface area contributed by atoms with E-state index in [-0.39, 0.29) is 12.5 Å². The smallest absolute Gasteiger partial charge is 0.348 e. The maximum Gasteiger partial charge on any atom is 0.348 e. The first-order valence-electron chi connectivity index (χ1n) is 8.86. The van der Waals surface area contributed by atoms with Crippen molar-refractivity contribution >= 4 is 28.9 Å². The second kappa shape index (κ2) is 9.71. The molecule has 0 fully saturated rings. The molecule has 0 aliphatic carbocycles. The number of carbonyl (C=O) groups is 2. The van der Waals surface area contributed by atoms with Crippen molar-refractivity contribution in [3.8, 4) is 5.75 Å². The van der Waals surface area contributed by atoms with E-state index in [2.05, 4.69) is 0 Å². The molecule has 0 unspecified atom stereocenters. The summed E-state index contributed by atoms with van der Waals surface area (Å²) in [6.07, 6.45) is 0.692. The fourth-order valence-corrected chi connectivity index (χ4v) is 3.33. The monoisotopic (exact) mass is 395 g/mol. The molecule has 3 aromatic rings. The van der Waals surface area contributed by atoms with Crippen molar-refractivity contribution in [2.75, 3.05) is 25.2 Å². The fraction of sp³-hybridized carbons (Fsp3) is 0.182. The van der Waals surface area contributed by atoms with Crippen LogP contribution in [-0.2, 0) is 16.0 Å². The number of hydrogen-bond acceptors (Lipinski definition) is 5. The largest absolute Gasteiger partial charge is 0.497 e. The summed E-state index contributed by atoms with van der Waals surface area (Å²) in [5.74, 6) is -0.0459. The first kappa shape index (κ1) is 19.6. The molecule has 0 N–H and O–H groups in total. The topological polar surface area (TPSA) is 55.8 Å². The molecule has 6 heteroatoms. The van der Waals surface area contributed by atoms with Crippen LogP contribution < -0.4 is 9.64 Å². The highest BCUT2D eigenvalue weighted by atomic mass is 32.1. The van der Waals surface area contributed by atoms with Crippen molar-refractivity contribution in [1.29, 1.82) is 0 Å². The molecule has 0 radical (unpaired) electrons. The molecule has 0 bridgehead atoms. The van der Waals surface area contributed by atoms with E-state index in [1.807, 2.05) is 42.5 Å². The van der Waals surface area contributed by atoms with Gasteiger partial charge in [0.05, 0.1) is 7.11 Å². The lowest BCUT2D eigenvalue weighted by Gasteiger charge is -2.23. The van der Waals surface area contributed by atoms with E-state index < -0.39 is 5.97 Å². The SMILES string of the molecule is COc1ccc(N(CCc2ccccc2)C(=O)COC(=O)c2cccs2)cc1. The van der Waals surface area contributed by atoms with Crippen molar-refractivity contribution < 1.29 is 19.1 Å². The summed E-state index contributed by atoms with van der Waals surface area (Å²) >= 11 is 1.29. The molecule has 0 atom stereocenters. The van der Waals surface area contributed by atoms with Gasteiger partial charge >= 0.3 is 5.97 Å². The standard InChI is InChI=1S/C22H21NO4S/c1-26-19-11-9-18(10-12-19)23(14-13-17-6-3-2-4-7-17)21(24)16-27-22(25)20-8-5-15-28-20/h2-12,15H,13-14,16H2,1H3. The highest BCUT2D eigenvalue weighted by molar-refractivity contribution is 7.11. The number of esters is 1. The van der Waals surface area contributed by atoms with Gasteiger partial charge in [0.15, 0.2) is 6.61 Å². The highest BCUT2D eigenvalue weighted by Crippen LogP contribution is 2.20. The maximum absolute atomic E-state index is 12.8. The first-order valence-corrected chi connectivity index (χ1v) is 9.74. The summed E-state index contributed by atoms with van der Waals surface area (Å²) in [4.78, 5) is 27.0. The number of rotatable bonds is 8. The number of methoxy groups -OCH3 is 1. The Kier molecular flexibility index (Phi) is 6.81. The Morgan fingerprint density at radius 3 is 2.36 bits per heavy atom. The number of hydrogen-bond donors (Lipinski definition) is 0. The van der Waals surface area contributed by atoms with Crippen LogP contribution in [-0.4, -0.2) is 32.1 Å². The molecule has 0 saturated heterocycles. The van der Waals surface area contributed by atoms with Gasteiger partial charge in [0.1, 0.15) is 10.6 Å². The molecule has 0 spiro atoms. The van der Waals surface area contributed by atoms with Gasteiger partial charge in [0, 0.05) is 12.2 Å². The molecule has 0 aliphatic rings. The van der Waals surface area contributed by atoms with Crippen molar-refractivity contribution in [3.63, 3.8) is 0 Å². The molecule has 28 heavy (non-hydrogen) atoms. The van der Waals surface area contributed by atoms with Crippen molar-refractivity contribution in [2.45, 2.75) is 6.42 Å². The number of nitrogens with zero attached hydrogens (tertiary/aromatic N) is 1. The van der Waals surface area contributed by atoms with Gasteiger partial charge in [-0.15, -0.1) is 11.3 Å². The van der Waals surface area contributed by atoms with Gasteiger partial charge in [0.25, 0.3) is 5.91 Å². The molecule has 1 heterocycles. The third-order valence-corrected chi connectivity index (χ3v) is 5.05. The van der Waals surface area contributed by atoms with Crippen LogP contribution in [0.5, 0.6) is 5.75 Å². The zero-order valence-corrected chi connectivity index (χ0v) is 16.4. The number of carbonyl (C=O) groups excluding carboxylic acids is 2. The number of ether oxygens (including phenoxy) is 2. The van der Waals surface area contributed by atoms with Gasteiger partial charge in [-0.3, -0.25) is 4.79 Å².